The number of amidine groups is 1. The van der Waals surface area contributed by atoms with E-state index in [1.165, 1.54) is 35.5 Å². The lowest BCUT2D eigenvalue weighted by Crippen LogP contribution is -2.39. The van der Waals surface area contributed by atoms with Crippen molar-refractivity contribution in [3.63, 3.8) is 0 Å². The Bertz CT molecular complexity index is 848. The maximum absolute atomic E-state index is 13.1. The van der Waals surface area contributed by atoms with E-state index in [9.17, 15) is 4.39 Å². The predicted molar refractivity (Wildman–Crippen MR) is 99.7 cm³/mol. The largest absolute Gasteiger partial charge is 0.379 e. The first kappa shape index (κ1) is 17.9. The number of rotatable bonds is 2. The number of hydrogen-bond acceptors (Lipinski definition) is 8. The summed E-state index contributed by atoms with van der Waals surface area (Å²) in [7, 11) is 0. The van der Waals surface area contributed by atoms with Crippen molar-refractivity contribution >= 4 is 46.6 Å². The molecule has 2 aliphatic rings. The molecule has 2 atom stereocenters. The van der Waals surface area contributed by atoms with E-state index in [1.807, 2.05) is 17.0 Å². The van der Waals surface area contributed by atoms with Gasteiger partial charge in [0.15, 0.2) is 11.0 Å². The molecule has 0 spiro atoms. The number of aromatic nitrogens is 2. The number of nitrogens with two attached hydrogens (primary N) is 1. The maximum Gasteiger partial charge on any atom is 0.225 e. The minimum Gasteiger partial charge on any atom is -0.379 e. The molecule has 1 fully saturated rings. The molecule has 0 amide bonds. The summed E-state index contributed by atoms with van der Waals surface area (Å²) < 4.78 is 13.1. The first-order chi connectivity index (χ1) is 11.6. The average Bonchev–Trinajstić information content (AvgIpc) is 3.20. The number of anilines is 1. The first-order valence-corrected chi connectivity index (χ1v) is 9.12. The standard InChI is InChI=1S/C15H13FN6S2.ClH/c16-10-4-19-14(20-5-10)22-6-9-7-23-13(18)21-15(9,8-22)12-2-1-11(3-17)24-12;/h1-2,4-5,9H,6-8H2,(H2,18,21);1H/t9-,15-;/m0./s1. The van der Waals surface area contributed by atoms with Crippen molar-refractivity contribution in [2.24, 2.45) is 16.6 Å². The summed E-state index contributed by atoms with van der Waals surface area (Å²) in [6.07, 6.45) is 2.34. The summed E-state index contributed by atoms with van der Waals surface area (Å²) in [6, 6.07) is 5.95. The number of aliphatic imine (C=N–C) groups is 1. The molecule has 2 aliphatic heterocycles. The van der Waals surface area contributed by atoms with Crippen LogP contribution in [0.15, 0.2) is 29.5 Å². The quantitative estimate of drug-likeness (QED) is 0.837. The fourth-order valence-electron chi connectivity index (χ4n) is 3.22. The van der Waals surface area contributed by atoms with Crippen LogP contribution in [-0.4, -0.2) is 34.0 Å². The minimum absolute atomic E-state index is 0. The third-order valence-electron chi connectivity index (χ3n) is 4.32. The highest BCUT2D eigenvalue weighted by Crippen LogP contribution is 2.47. The molecule has 0 aliphatic carbocycles. The monoisotopic (exact) mass is 396 g/mol. The molecule has 2 aromatic heterocycles. The second kappa shape index (κ2) is 6.78. The van der Waals surface area contributed by atoms with Gasteiger partial charge in [0.2, 0.25) is 5.95 Å². The molecule has 0 bridgehead atoms. The topological polar surface area (TPSA) is 91.2 Å². The molecule has 4 rings (SSSR count). The van der Waals surface area contributed by atoms with Gasteiger partial charge in [-0.25, -0.2) is 19.4 Å². The number of halogens is 2. The van der Waals surface area contributed by atoms with Crippen molar-refractivity contribution in [3.8, 4) is 6.07 Å². The number of fused-ring (bicyclic) bond motifs is 1. The second-order valence-corrected chi connectivity index (χ2v) is 7.86. The summed E-state index contributed by atoms with van der Waals surface area (Å²) in [5, 5.41) is 9.68. The average molecular weight is 397 g/mol. The SMILES string of the molecule is Cl.N#Cc1ccc([C@]23CN(c4ncc(F)cn4)C[C@H]2CSC(N)=N3)s1. The van der Waals surface area contributed by atoms with E-state index < -0.39 is 11.4 Å². The van der Waals surface area contributed by atoms with Crippen LogP contribution in [0.1, 0.15) is 9.75 Å². The number of thioether (sulfide) groups is 1. The van der Waals surface area contributed by atoms with Crippen molar-refractivity contribution in [3.05, 3.63) is 40.1 Å². The molecule has 0 unspecified atom stereocenters. The molecule has 130 valence electrons. The molecule has 4 heterocycles. The number of thiophene rings is 1. The van der Waals surface area contributed by atoms with Crippen molar-refractivity contribution < 1.29 is 4.39 Å². The van der Waals surface area contributed by atoms with Gasteiger partial charge in [0.25, 0.3) is 0 Å². The summed E-state index contributed by atoms with van der Waals surface area (Å²) in [5.41, 5.74) is 5.52. The van der Waals surface area contributed by atoms with Crippen molar-refractivity contribution in [2.45, 2.75) is 5.54 Å². The van der Waals surface area contributed by atoms with Gasteiger partial charge in [-0.05, 0) is 12.1 Å². The number of nitriles is 1. The highest BCUT2D eigenvalue weighted by molar-refractivity contribution is 8.13. The molecule has 0 aromatic carbocycles. The van der Waals surface area contributed by atoms with E-state index in [1.54, 1.807) is 0 Å². The zero-order valence-corrected chi connectivity index (χ0v) is 15.4. The van der Waals surface area contributed by atoms with E-state index >= 15 is 0 Å². The zero-order chi connectivity index (χ0) is 16.7. The van der Waals surface area contributed by atoms with Crippen LogP contribution in [0.4, 0.5) is 10.3 Å². The van der Waals surface area contributed by atoms with Crippen LogP contribution in [0.25, 0.3) is 0 Å². The fraction of sp³-hybridized carbons (Fsp3) is 0.333. The Morgan fingerprint density at radius 2 is 2.12 bits per heavy atom. The molecule has 2 N–H and O–H groups in total. The molecule has 0 saturated carbocycles. The Kier molecular flexibility index (Phi) is 4.86. The first-order valence-electron chi connectivity index (χ1n) is 7.32. The van der Waals surface area contributed by atoms with Crippen molar-refractivity contribution in [1.29, 1.82) is 5.26 Å². The van der Waals surface area contributed by atoms with Crippen LogP contribution in [0.2, 0.25) is 0 Å². The molecule has 10 heteroatoms. The van der Waals surface area contributed by atoms with Crippen LogP contribution in [0.5, 0.6) is 0 Å². The van der Waals surface area contributed by atoms with Gasteiger partial charge in [0, 0.05) is 23.1 Å². The van der Waals surface area contributed by atoms with Crippen LogP contribution in [-0.2, 0) is 5.54 Å². The predicted octanol–water partition coefficient (Wildman–Crippen LogP) is 2.36. The van der Waals surface area contributed by atoms with E-state index in [4.69, 9.17) is 16.0 Å². The Labute approximate surface area is 158 Å². The number of nitrogens with zero attached hydrogens (tertiary/aromatic N) is 5. The Morgan fingerprint density at radius 3 is 2.80 bits per heavy atom. The van der Waals surface area contributed by atoms with Crippen LogP contribution >= 0.6 is 35.5 Å². The zero-order valence-electron chi connectivity index (χ0n) is 12.9. The number of hydrogen-bond donors (Lipinski definition) is 1. The van der Waals surface area contributed by atoms with E-state index in [2.05, 4.69) is 16.0 Å². The third kappa shape index (κ3) is 3.05. The molecule has 2 aromatic rings. The van der Waals surface area contributed by atoms with Crippen LogP contribution < -0.4 is 10.6 Å². The maximum atomic E-state index is 13.1. The van der Waals surface area contributed by atoms with Gasteiger partial charge in [-0.1, -0.05) is 11.8 Å². The smallest absolute Gasteiger partial charge is 0.225 e. The Hall–Kier alpha value is -1.89. The van der Waals surface area contributed by atoms with Crippen molar-refractivity contribution in [1.82, 2.24) is 9.97 Å². The van der Waals surface area contributed by atoms with Crippen molar-refractivity contribution in [2.75, 3.05) is 23.7 Å². The normalized spacial score (nSPS) is 24.9. The molecule has 6 nitrogen and oxygen atoms in total. The summed E-state index contributed by atoms with van der Waals surface area (Å²) in [4.78, 5) is 16.6. The third-order valence-corrected chi connectivity index (χ3v) is 6.44. The lowest BCUT2D eigenvalue weighted by atomic mass is 9.87. The van der Waals surface area contributed by atoms with Gasteiger partial charge in [0.05, 0.1) is 18.9 Å². The van der Waals surface area contributed by atoms with Gasteiger partial charge >= 0.3 is 0 Å². The van der Waals surface area contributed by atoms with E-state index in [0.29, 0.717) is 22.5 Å². The van der Waals surface area contributed by atoms with Gasteiger partial charge in [-0.15, -0.1) is 23.7 Å². The van der Waals surface area contributed by atoms with E-state index in [-0.39, 0.29) is 18.3 Å². The summed E-state index contributed by atoms with van der Waals surface area (Å²) >= 11 is 2.99. The highest BCUT2D eigenvalue weighted by Gasteiger charge is 2.51. The van der Waals surface area contributed by atoms with Gasteiger partial charge < -0.3 is 10.6 Å². The van der Waals surface area contributed by atoms with Gasteiger partial charge in [0.1, 0.15) is 16.5 Å². The van der Waals surface area contributed by atoms with Gasteiger partial charge in [-0.3, -0.25) is 0 Å². The minimum atomic E-state index is -0.493. The van der Waals surface area contributed by atoms with E-state index in [0.717, 1.165) is 17.2 Å². The fourth-order valence-corrected chi connectivity index (χ4v) is 5.21. The lowest BCUT2D eigenvalue weighted by Gasteiger charge is -2.33. The molecular weight excluding hydrogens is 383 g/mol. The lowest BCUT2D eigenvalue weighted by molar-refractivity contribution is 0.395. The van der Waals surface area contributed by atoms with Gasteiger partial charge in [-0.2, -0.15) is 5.26 Å². The highest BCUT2D eigenvalue weighted by atomic mass is 35.5. The molecular formula is C15H14ClFN6S2. The Balaban J connectivity index is 0.00000182. The summed E-state index contributed by atoms with van der Waals surface area (Å²) in [6.45, 7) is 1.28. The molecule has 25 heavy (non-hydrogen) atoms. The Morgan fingerprint density at radius 1 is 1.36 bits per heavy atom. The molecule has 0 radical (unpaired) electrons. The molecule has 1 saturated heterocycles. The van der Waals surface area contributed by atoms with Crippen LogP contribution in [0.3, 0.4) is 0 Å². The summed E-state index contributed by atoms with van der Waals surface area (Å²) in [5.74, 6) is 1.10. The second-order valence-electron chi connectivity index (χ2n) is 5.74. The van der Waals surface area contributed by atoms with Crippen LogP contribution in [0, 0.1) is 23.1 Å².